The van der Waals surface area contributed by atoms with Crippen LogP contribution in [0, 0.1) is 0 Å². The van der Waals surface area contributed by atoms with Crippen LogP contribution in [0.2, 0.25) is 0 Å². The molecule has 23 heavy (non-hydrogen) atoms. The molecule has 114 valence electrons. The Balaban J connectivity index is 2.09. The summed E-state index contributed by atoms with van der Waals surface area (Å²) >= 11 is 0. The number of nitrogens with two attached hydrogens (primary N) is 1. The van der Waals surface area contributed by atoms with Crippen molar-refractivity contribution in [2.75, 3.05) is 7.11 Å². The third-order valence-electron chi connectivity index (χ3n) is 3.33. The Labute approximate surface area is 130 Å². The zero-order valence-corrected chi connectivity index (χ0v) is 12.1. The van der Waals surface area contributed by atoms with E-state index in [1.807, 2.05) is 0 Å². The number of carbonyl (C=O) groups is 3. The van der Waals surface area contributed by atoms with Gasteiger partial charge in [-0.3, -0.25) is 9.59 Å². The second-order valence-electron chi connectivity index (χ2n) is 4.79. The lowest BCUT2D eigenvalue weighted by Gasteiger charge is -2.12. The summed E-state index contributed by atoms with van der Waals surface area (Å²) < 4.78 is 4.62. The van der Waals surface area contributed by atoms with E-state index in [-0.39, 0.29) is 28.4 Å². The number of rotatable bonds is 2. The van der Waals surface area contributed by atoms with E-state index in [0.29, 0.717) is 11.4 Å². The molecule has 0 saturated heterocycles. The van der Waals surface area contributed by atoms with E-state index < -0.39 is 11.8 Å². The number of ketones is 2. The Bertz CT molecular complexity index is 887. The van der Waals surface area contributed by atoms with E-state index in [9.17, 15) is 14.4 Å². The van der Waals surface area contributed by atoms with Crippen LogP contribution < -0.4 is 5.73 Å². The second kappa shape index (κ2) is 5.45. The van der Waals surface area contributed by atoms with Gasteiger partial charge in [0.15, 0.2) is 5.78 Å². The Morgan fingerprint density at radius 1 is 1.09 bits per heavy atom. The standard InChI is InChI=1S/C16H11N3O4/c1-23-16(22)12-4-2-3-10(18-12)11-6-5-8-13(20)7-9(17)15(21)14(8)19-11/h2-7H,17H2,1H3. The molecule has 2 aromatic heterocycles. The van der Waals surface area contributed by atoms with Crippen LogP contribution in [0.5, 0.6) is 0 Å². The number of esters is 1. The van der Waals surface area contributed by atoms with Crippen molar-refractivity contribution in [2.24, 2.45) is 5.73 Å². The summed E-state index contributed by atoms with van der Waals surface area (Å²) in [5.41, 5.74) is 6.40. The number of nitrogens with zero attached hydrogens (tertiary/aromatic N) is 2. The number of aromatic nitrogens is 2. The molecule has 1 aliphatic rings. The molecule has 0 atom stereocenters. The first-order valence-electron chi connectivity index (χ1n) is 6.64. The molecule has 0 aromatic carbocycles. The summed E-state index contributed by atoms with van der Waals surface area (Å²) in [7, 11) is 1.26. The number of methoxy groups -OCH3 is 1. The highest BCUT2D eigenvalue weighted by Gasteiger charge is 2.26. The zero-order valence-electron chi connectivity index (χ0n) is 12.1. The van der Waals surface area contributed by atoms with E-state index >= 15 is 0 Å². The summed E-state index contributed by atoms with van der Waals surface area (Å²) in [6.45, 7) is 0. The van der Waals surface area contributed by atoms with Crippen molar-refractivity contribution in [2.45, 2.75) is 0 Å². The van der Waals surface area contributed by atoms with Gasteiger partial charge < -0.3 is 10.5 Å². The smallest absolute Gasteiger partial charge is 0.356 e. The van der Waals surface area contributed by atoms with Gasteiger partial charge >= 0.3 is 5.97 Å². The van der Waals surface area contributed by atoms with Crippen molar-refractivity contribution < 1.29 is 19.1 Å². The number of ether oxygens (including phenoxy) is 1. The number of hydrogen-bond donors (Lipinski definition) is 1. The van der Waals surface area contributed by atoms with E-state index in [1.54, 1.807) is 18.2 Å². The van der Waals surface area contributed by atoms with Crippen molar-refractivity contribution in [1.29, 1.82) is 0 Å². The number of allylic oxidation sites excluding steroid dienone is 2. The number of hydrogen-bond acceptors (Lipinski definition) is 7. The van der Waals surface area contributed by atoms with Crippen molar-refractivity contribution in [3.63, 3.8) is 0 Å². The lowest BCUT2D eigenvalue weighted by molar-refractivity contribution is 0.0594. The molecule has 0 spiro atoms. The largest absolute Gasteiger partial charge is 0.464 e. The molecule has 1 aliphatic carbocycles. The first-order chi connectivity index (χ1) is 11.0. The molecular formula is C16H11N3O4. The molecule has 0 radical (unpaired) electrons. The van der Waals surface area contributed by atoms with Gasteiger partial charge in [-0.05, 0) is 24.3 Å². The van der Waals surface area contributed by atoms with Crippen molar-refractivity contribution >= 4 is 17.5 Å². The minimum Gasteiger partial charge on any atom is -0.464 e. The maximum absolute atomic E-state index is 12.1. The predicted octanol–water partition coefficient (Wildman–Crippen LogP) is 1.15. The van der Waals surface area contributed by atoms with Crippen LogP contribution in [0.1, 0.15) is 31.3 Å². The summed E-state index contributed by atoms with van der Waals surface area (Å²) in [5.74, 6) is -1.46. The summed E-state index contributed by atoms with van der Waals surface area (Å²) in [6, 6.07) is 7.81. The van der Waals surface area contributed by atoms with Gasteiger partial charge in [-0.25, -0.2) is 14.8 Å². The lowest BCUT2D eigenvalue weighted by Crippen LogP contribution is -2.23. The van der Waals surface area contributed by atoms with Gasteiger partial charge in [-0.15, -0.1) is 0 Å². The monoisotopic (exact) mass is 309 g/mol. The molecule has 0 amide bonds. The van der Waals surface area contributed by atoms with Crippen molar-refractivity contribution in [3.8, 4) is 11.4 Å². The maximum Gasteiger partial charge on any atom is 0.356 e. The fourth-order valence-electron chi connectivity index (χ4n) is 2.19. The van der Waals surface area contributed by atoms with Gasteiger partial charge in [0.2, 0.25) is 5.78 Å². The first-order valence-corrected chi connectivity index (χ1v) is 6.64. The van der Waals surface area contributed by atoms with Crippen LogP contribution in [0.3, 0.4) is 0 Å². The zero-order chi connectivity index (χ0) is 16.6. The third kappa shape index (κ3) is 2.48. The van der Waals surface area contributed by atoms with Crippen molar-refractivity contribution in [3.05, 3.63) is 59.1 Å². The van der Waals surface area contributed by atoms with Gasteiger partial charge in [0, 0.05) is 6.08 Å². The topological polar surface area (TPSA) is 112 Å². The van der Waals surface area contributed by atoms with Crippen LogP contribution in [-0.4, -0.2) is 34.6 Å². The molecule has 0 unspecified atom stereocenters. The first kappa shape index (κ1) is 14.6. The highest BCUT2D eigenvalue weighted by molar-refractivity contribution is 6.23. The van der Waals surface area contributed by atoms with Crippen LogP contribution in [0.15, 0.2) is 42.1 Å². The maximum atomic E-state index is 12.1. The minimum absolute atomic E-state index is 0.0160. The average Bonchev–Trinajstić information content (AvgIpc) is 2.58. The predicted molar refractivity (Wildman–Crippen MR) is 79.7 cm³/mol. The Hall–Kier alpha value is -3.35. The Kier molecular flexibility index (Phi) is 3.46. The van der Waals surface area contributed by atoms with Crippen LogP contribution in [0.25, 0.3) is 11.4 Å². The van der Waals surface area contributed by atoms with Gasteiger partial charge in [0.1, 0.15) is 11.4 Å². The van der Waals surface area contributed by atoms with Gasteiger partial charge in [-0.2, -0.15) is 0 Å². The van der Waals surface area contributed by atoms with E-state index in [0.717, 1.165) is 6.08 Å². The van der Waals surface area contributed by atoms with E-state index in [1.165, 1.54) is 19.2 Å². The molecule has 7 heteroatoms. The van der Waals surface area contributed by atoms with Gasteiger partial charge in [0.05, 0.1) is 29.8 Å². The number of carbonyl (C=O) groups excluding carboxylic acids is 3. The molecule has 0 saturated carbocycles. The SMILES string of the molecule is COC(=O)c1cccc(-c2ccc3c(n2)C(=O)C(N)=CC3=O)n1. The number of Topliss-reactive ketones (excluding diaryl/α,β-unsaturated/α-hetero) is 1. The fourth-order valence-corrected chi connectivity index (χ4v) is 2.19. The second-order valence-corrected chi connectivity index (χ2v) is 4.79. The molecule has 2 heterocycles. The number of pyridine rings is 2. The molecule has 2 N–H and O–H groups in total. The quantitative estimate of drug-likeness (QED) is 0.828. The Morgan fingerprint density at radius 3 is 2.57 bits per heavy atom. The molecule has 3 rings (SSSR count). The van der Waals surface area contributed by atoms with Gasteiger partial charge in [0.25, 0.3) is 0 Å². The van der Waals surface area contributed by atoms with Crippen LogP contribution >= 0.6 is 0 Å². The molecule has 2 aromatic rings. The Morgan fingerprint density at radius 2 is 1.83 bits per heavy atom. The van der Waals surface area contributed by atoms with Crippen LogP contribution in [-0.2, 0) is 4.74 Å². The summed E-state index contributed by atoms with van der Waals surface area (Å²) in [6.07, 6.45) is 1.09. The fraction of sp³-hybridized carbons (Fsp3) is 0.0625. The molecule has 0 bridgehead atoms. The minimum atomic E-state index is -0.580. The molecule has 0 aliphatic heterocycles. The van der Waals surface area contributed by atoms with Crippen molar-refractivity contribution in [1.82, 2.24) is 9.97 Å². The highest BCUT2D eigenvalue weighted by atomic mass is 16.5. The third-order valence-corrected chi connectivity index (χ3v) is 3.33. The molecule has 0 fully saturated rings. The van der Waals surface area contributed by atoms with E-state index in [4.69, 9.17) is 5.73 Å². The summed E-state index contributed by atoms with van der Waals surface area (Å²) in [4.78, 5) is 43.8. The van der Waals surface area contributed by atoms with Crippen LogP contribution in [0.4, 0.5) is 0 Å². The summed E-state index contributed by atoms with van der Waals surface area (Å²) in [5, 5.41) is 0. The highest BCUT2D eigenvalue weighted by Crippen LogP contribution is 2.22. The normalized spacial score (nSPS) is 13.3. The molecule has 7 nitrogen and oxygen atoms in total. The lowest BCUT2D eigenvalue weighted by atomic mass is 9.97. The van der Waals surface area contributed by atoms with E-state index in [2.05, 4.69) is 14.7 Å². The molecular weight excluding hydrogens is 298 g/mol. The average molecular weight is 309 g/mol. The van der Waals surface area contributed by atoms with Gasteiger partial charge in [-0.1, -0.05) is 6.07 Å². The number of fused-ring (bicyclic) bond motifs is 1.